The van der Waals surface area contributed by atoms with Gasteiger partial charge in [-0.05, 0) is 13.0 Å². The van der Waals surface area contributed by atoms with Gasteiger partial charge in [-0.15, -0.1) is 0 Å². The molecule has 0 fully saturated rings. The lowest BCUT2D eigenvalue weighted by Gasteiger charge is -2.03. The molecule has 0 saturated carbocycles. The van der Waals surface area contributed by atoms with E-state index in [0.717, 1.165) is 6.07 Å². The fraction of sp³-hybridized carbons (Fsp3) is 0.273. The van der Waals surface area contributed by atoms with Crippen LogP contribution < -0.4 is 0 Å². The zero-order valence-electron chi connectivity index (χ0n) is 9.32. The van der Waals surface area contributed by atoms with E-state index in [-0.39, 0.29) is 11.7 Å². The van der Waals surface area contributed by atoms with E-state index >= 15 is 0 Å². The third-order valence-corrected chi connectivity index (χ3v) is 2.56. The molecule has 1 aromatic carbocycles. The molecule has 2 rings (SSSR count). The number of halogens is 1. The van der Waals surface area contributed by atoms with E-state index in [2.05, 4.69) is 9.97 Å². The first-order valence-electron chi connectivity index (χ1n) is 4.98. The number of fused-ring (bicyclic) bond motifs is 1. The monoisotopic (exact) mass is 238 g/mol. The molecule has 2 N–H and O–H groups in total. The molecule has 1 heterocycles. The highest BCUT2D eigenvalue weighted by molar-refractivity contribution is 5.92. The van der Waals surface area contributed by atoms with E-state index in [9.17, 15) is 9.18 Å². The number of aromatic carboxylic acids is 1. The molecule has 0 aliphatic carbocycles. The van der Waals surface area contributed by atoms with Crippen molar-refractivity contribution in [3.63, 3.8) is 0 Å². The summed E-state index contributed by atoms with van der Waals surface area (Å²) in [4.78, 5) is 17.8. The molecule has 5 nitrogen and oxygen atoms in total. The first-order chi connectivity index (χ1) is 8.02. The Kier molecular flexibility index (Phi) is 2.81. The van der Waals surface area contributed by atoms with Crippen molar-refractivity contribution < 1.29 is 19.0 Å². The van der Waals surface area contributed by atoms with Crippen LogP contribution in [-0.4, -0.2) is 28.2 Å². The van der Waals surface area contributed by atoms with Crippen molar-refractivity contribution >= 4 is 17.0 Å². The van der Waals surface area contributed by atoms with Gasteiger partial charge >= 0.3 is 5.97 Å². The average Bonchev–Trinajstić information content (AvgIpc) is 2.69. The zero-order chi connectivity index (χ0) is 12.6. The van der Waals surface area contributed by atoms with Gasteiger partial charge in [-0.2, -0.15) is 0 Å². The predicted molar refractivity (Wildman–Crippen MR) is 58.4 cm³/mol. The number of carboxylic acids is 1. The Hall–Kier alpha value is -1.95. The minimum Gasteiger partial charge on any atom is -0.478 e. The number of nitrogens with one attached hydrogen (secondary N) is 1. The molecule has 0 aliphatic rings. The highest BCUT2D eigenvalue weighted by Crippen LogP contribution is 2.21. The highest BCUT2D eigenvalue weighted by atomic mass is 19.1. The van der Waals surface area contributed by atoms with Crippen molar-refractivity contribution in [3.8, 4) is 0 Å². The number of imidazole rings is 1. The van der Waals surface area contributed by atoms with Gasteiger partial charge in [0.25, 0.3) is 0 Å². The Morgan fingerprint density at radius 2 is 2.29 bits per heavy atom. The molecule has 0 spiro atoms. The van der Waals surface area contributed by atoms with Gasteiger partial charge in [0, 0.05) is 13.2 Å². The van der Waals surface area contributed by atoms with Crippen LogP contribution in [0.5, 0.6) is 0 Å². The molecule has 0 saturated heterocycles. The maximum atomic E-state index is 13.4. The van der Waals surface area contributed by atoms with Crippen LogP contribution in [0.2, 0.25) is 0 Å². The van der Waals surface area contributed by atoms with E-state index in [1.54, 1.807) is 6.92 Å². The van der Waals surface area contributed by atoms with Gasteiger partial charge in [-0.25, -0.2) is 14.2 Å². The van der Waals surface area contributed by atoms with Crippen LogP contribution in [0.3, 0.4) is 0 Å². The minimum atomic E-state index is -1.31. The summed E-state index contributed by atoms with van der Waals surface area (Å²) < 4.78 is 18.5. The number of hydrogen-bond acceptors (Lipinski definition) is 3. The minimum absolute atomic E-state index is 0.265. The highest BCUT2D eigenvalue weighted by Gasteiger charge is 2.15. The second-order valence-electron chi connectivity index (χ2n) is 3.65. The Morgan fingerprint density at radius 1 is 1.59 bits per heavy atom. The van der Waals surface area contributed by atoms with Crippen LogP contribution in [0.1, 0.15) is 29.2 Å². The summed E-state index contributed by atoms with van der Waals surface area (Å²) in [6.45, 7) is 1.78. The average molecular weight is 238 g/mol. The molecular formula is C11H11FN2O3. The molecule has 0 aliphatic heterocycles. The number of methoxy groups -OCH3 is 1. The SMILES string of the molecule is COC(C)c1nc2cc(C(=O)O)c(F)cc2[nH]1. The van der Waals surface area contributed by atoms with Gasteiger partial charge in [0.2, 0.25) is 0 Å². The normalized spacial score (nSPS) is 12.9. The summed E-state index contributed by atoms with van der Waals surface area (Å²) in [5, 5.41) is 8.78. The Morgan fingerprint density at radius 3 is 2.88 bits per heavy atom. The lowest BCUT2D eigenvalue weighted by Crippen LogP contribution is -1.99. The third-order valence-electron chi connectivity index (χ3n) is 2.56. The Balaban J connectivity index is 2.58. The number of aromatic amines is 1. The molecule has 2 aromatic rings. The zero-order valence-corrected chi connectivity index (χ0v) is 9.32. The van der Waals surface area contributed by atoms with E-state index in [1.807, 2.05) is 0 Å². The Bertz CT molecular complexity index is 579. The number of ether oxygens (including phenoxy) is 1. The lowest BCUT2D eigenvalue weighted by atomic mass is 10.2. The van der Waals surface area contributed by atoms with Crippen LogP contribution >= 0.6 is 0 Å². The second-order valence-corrected chi connectivity index (χ2v) is 3.65. The molecule has 0 radical (unpaired) electrons. The van der Waals surface area contributed by atoms with Gasteiger partial charge in [-0.3, -0.25) is 0 Å². The predicted octanol–water partition coefficient (Wildman–Crippen LogP) is 2.11. The standard InChI is InChI=1S/C11H11FN2O3/c1-5(17-2)10-13-8-3-6(11(15)16)7(12)4-9(8)14-10/h3-5H,1-2H3,(H,13,14)(H,15,16). The molecule has 17 heavy (non-hydrogen) atoms. The summed E-state index contributed by atoms with van der Waals surface area (Å²) in [7, 11) is 1.53. The fourth-order valence-electron chi connectivity index (χ4n) is 1.52. The topological polar surface area (TPSA) is 75.2 Å². The second kappa shape index (κ2) is 4.14. The molecule has 6 heteroatoms. The van der Waals surface area contributed by atoms with E-state index in [4.69, 9.17) is 9.84 Å². The smallest absolute Gasteiger partial charge is 0.338 e. The number of hydrogen-bond donors (Lipinski definition) is 2. The summed E-state index contributed by atoms with van der Waals surface area (Å²) >= 11 is 0. The van der Waals surface area contributed by atoms with Crippen LogP contribution in [0.25, 0.3) is 11.0 Å². The summed E-state index contributed by atoms with van der Waals surface area (Å²) in [5.41, 5.74) is 0.467. The van der Waals surface area contributed by atoms with Gasteiger partial charge in [0.15, 0.2) is 0 Å². The van der Waals surface area contributed by atoms with Gasteiger partial charge < -0.3 is 14.8 Å². The maximum absolute atomic E-state index is 13.4. The van der Waals surface area contributed by atoms with Crippen molar-refractivity contribution in [2.45, 2.75) is 13.0 Å². The summed E-state index contributed by atoms with van der Waals surface area (Å²) in [6.07, 6.45) is -0.265. The number of nitrogens with zero attached hydrogens (tertiary/aromatic N) is 1. The van der Waals surface area contributed by atoms with Crippen LogP contribution in [-0.2, 0) is 4.74 Å². The Labute approximate surface area is 96.2 Å². The van der Waals surface area contributed by atoms with Gasteiger partial charge in [-0.1, -0.05) is 0 Å². The molecule has 0 amide bonds. The van der Waals surface area contributed by atoms with E-state index in [1.165, 1.54) is 13.2 Å². The molecule has 90 valence electrons. The van der Waals surface area contributed by atoms with Crippen molar-refractivity contribution in [2.24, 2.45) is 0 Å². The number of carbonyl (C=O) groups is 1. The van der Waals surface area contributed by atoms with Gasteiger partial charge in [0.05, 0.1) is 16.6 Å². The van der Waals surface area contributed by atoms with Crippen LogP contribution in [0.4, 0.5) is 4.39 Å². The van der Waals surface area contributed by atoms with E-state index in [0.29, 0.717) is 16.9 Å². The quantitative estimate of drug-likeness (QED) is 0.858. The number of H-pyrrole nitrogens is 1. The molecule has 1 atom stereocenters. The summed E-state index contributed by atoms with van der Waals surface area (Å²) in [6, 6.07) is 2.33. The van der Waals surface area contributed by atoms with Crippen molar-refractivity contribution in [3.05, 3.63) is 29.3 Å². The van der Waals surface area contributed by atoms with Crippen molar-refractivity contribution in [2.75, 3.05) is 7.11 Å². The first kappa shape index (κ1) is 11.5. The largest absolute Gasteiger partial charge is 0.478 e. The first-order valence-corrected chi connectivity index (χ1v) is 4.98. The number of aromatic nitrogens is 2. The molecular weight excluding hydrogens is 227 g/mol. The third kappa shape index (κ3) is 1.99. The van der Waals surface area contributed by atoms with Crippen molar-refractivity contribution in [1.29, 1.82) is 0 Å². The van der Waals surface area contributed by atoms with Crippen LogP contribution in [0.15, 0.2) is 12.1 Å². The molecule has 0 bridgehead atoms. The fourth-order valence-corrected chi connectivity index (χ4v) is 1.52. The lowest BCUT2D eigenvalue weighted by molar-refractivity contribution is 0.0692. The van der Waals surface area contributed by atoms with E-state index < -0.39 is 11.8 Å². The van der Waals surface area contributed by atoms with Gasteiger partial charge in [0.1, 0.15) is 17.7 Å². The van der Waals surface area contributed by atoms with Crippen molar-refractivity contribution in [1.82, 2.24) is 9.97 Å². The number of benzene rings is 1. The maximum Gasteiger partial charge on any atom is 0.338 e. The summed E-state index contributed by atoms with van der Waals surface area (Å²) in [5.74, 6) is -1.57. The molecule has 1 aromatic heterocycles. The number of rotatable bonds is 3. The van der Waals surface area contributed by atoms with Crippen LogP contribution in [0, 0.1) is 5.82 Å². The number of carboxylic acid groups (broad SMARTS) is 1. The molecule has 1 unspecified atom stereocenters.